The van der Waals surface area contributed by atoms with Crippen LogP contribution in [0.2, 0.25) is 0 Å². The zero-order valence-corrected chi connectivity index (χ0v) is 36.9. The maximum Gasteiger partial charge on any atom is 0.281 e. The van der Waals surface area contributed by atoms with Gasteiger partial charge in [0.25, 0.3) is 5.91 Å². The number of rotatable bonds is 16. The Labute approximate surface area is 351 Å². The van der Waals surface area contributed by atoms with E-state index in [4.69, 9.17) is 15.5 Å². The number of hydrogen-bond donors (Lipinski definition) is 3. The van der Waals surface area contributed by atoms with Gasteiger partial charge in [0, 0.05) is 73.3 Å². The molecular weight excluding hydrogens is 743 g/mol. The van der Waals surface area contributed by atoms with E-state index in [0.717, 1.165) is 95.4 Å². The van der Waals surface area contributed by atoms with Crippen molar-refractivity contribution in [3.05, 3.63) is 118 Å². The van der Waals surface area contributed by atoms with Gasteiger partial charge in [-0.15, -0.1) is 0 Å². The second-order valence-electron chi connectivity index (χ2n) is 16.2. The first-order valence-corrected chi connectivity index (χ1v) is 21.3. The number of allylic oxidation sites excluding steroid dienone is 1. The summed E-state index contributed by atoms with van der Waals surface area (Å²) in [4.78, 5) is 25.9. The molecule has 318 valence electrons. The van der Waals surface area contributed by atoms with Gasteiger partial charge in [0.2, 0.25) is 0 Å². The highest BCUT2D eigenvalue weighted by atomic mass is 19.1. The summed E-state index contributed by atoms with van der Waals surface area (Å²) in [7, 11) is 0. The lowest BCUT2D eigenvalue weighted by molar-refractivity contribution is 0.0904. The number of benzene rings is 3. The van der Waals surface area contributed by atoms with Gasteiger partial charge in [-0.3, -0.25) is 4.79 Å². The summed E-state index contributed by atoms with van der Waals surface area (Å²) in [5.74, 6) is -0.392. The van der Waals surface area contributed by atoms with Crippen molar-refractivity contribution in [2.45, 2.75) is 113 Å². The summed E-state index contributed by atoms with van der Waals surface area (Å²) >= 11 is 0. The van der Waals surface area contributed by atoms with Gasteiger partial charge in [-0.25, -0.2) is 13.8 Å². The van der Waals surface area contributed by atoms with E-state index in [0.29, 0.717) is 35.8 Å². The van der Waals surface area contributed by atoms with Crippen LogP contribution in [0.4, 0.5) is 26.0 Å². The fourth-order valence-corrected chi connectivity index (χ4v) is 7.18. The molecule has 1 aliphatic rings. The SMILES string of the molecule is CC.CCCN(CCC(C)C)c1ccc(C(=O)N=C(N)c2cc(Cc3cc(F)cc(F)c3)c(-c3cnc(NC=C(C)C)c(C)c3)cc2C(C)C)c(NC2CCOCC2)c1. The fourth-order valence-electron chi connectivity index (χ4n) is 7.18. The number of nitrogens with two attached hydrogens (primary N) is 1. The second kappa shape index (κ2) is 22.3. The quantitative estimate of drug-likeness (QED) is 0.0765. The van der Waals surface area contributed by atoms with Gasteiger partial charge < -0.3 is 26.0 Å². The molecule has 1 aliphatic heterocycles. The van der Waals surface area contributed by atoms with E-state index >= 15 is 0 Å². The number of ether oxygens (including phenoxy) is 1. The van der Waals surface area contributed by atoms with Crippen molar-refractivity contribution < 1.29 is 18.3 Å². The van der Waals surface area contributed by atoms with Crippen LogP contribution < -0.4 is 21.3 Å². The zero-order valence-electron chi connectivity index (χ0n) is 36.9. The largest absolute Gasteiger partial charge is 0.383 e. The summed E-state index contributed by atoms with van der Waals surface area (Å²) in [6.45, 7) is 23.9. The first-order valence-electron chi connectivity index (χ1n) is 21.3. The summed E-state index contributed by atoms with van der Waals surface area (Å²) in [6, 6.07) is 15.6. The normalized spacial score (nSPS) is 13.2. The number of nitrogens with zero attached hydrogens (tertiary/aromatic N) is 3. The minimum absolute atomic E-state index is 0.00338. The number of carbonyl (C=O) groups excluding carboxylic acids is 1. The highest BCUT2D eigenvalue weighted by Crippen LogP contribution is 2.34. The molecule has 59 heavy (non-hydrogen) atoms. The molecule has 0 atom stereocenters. The van der Waals surface area contributed by atoms with E-state index in [9.17, 15) is 13.6 Å². The smallest absolute Gasteiger partial charge is 0.281 e. The van der Waals surface area contributed by atoms with Crippen molar-refractivity contribution in [2.24, 2.45) is 16.6 Å². The van der Waals surface area contributed by atoms with Gasteiger partial charge in [0.15, 0.2) is 0 Å². The lowest BCUT2D eigenvalue weighted by Crippen LogP contribution is -2.29. The van der Waals surface area contributed by atoms with Gasteiger partial charge in [-0.1, -0.05) is 54.0 Å². The molecule has 1 amide bonds. The first-order chi connectivity index (χ1) is 28.2. The van der Waals surface area contributed by atoms with Crippen LogP contribution in [0.1, 0.15) is 132 Å². The standard InChI is InChI=1S/C47H60F2N6O2.C2H6/c1-9-15-55(16-12-29(2)3)39-10-11-40(44(25-39)53-38-13-17-57-18-14-38)47(56)54-45(50)43-23-34(20-33-21-36(48)24-37(49)22-33)42(26-41(43)31(6)7)35-19-32(8)46(52-28-35)51-27-30(4)5;1-2/h10-11,19,21-29,31,38,53H,9,12-18,20H2,1-8H3,(H,51,52)(H2,50,54,56);1-2H3. The fraction of sp³-hybridized carbons (Fsp3) is 0.449. The Morgan fingerprint density at radius 1 is 0.983 bits per heavy atom. The van der Waals surface area contributed by atoms with Crippen molar-refractivity contribution >= 4 is 28.9 Å². The van der Waals surface area contributed by atoms with E-state index in [1.54, 1.807) is 6.20 Å². The Hall–Kier alpha value is -5.09. The third-order valence-electron chi connectivity index (χ3n) is 10.2. The maximum absolute atomic E-state index is 14.5. The Bertz CT molecular complexity index is 2060. The van der Waals surface area contributed by atoms with Crippen LogP contribution >= 0.6 is 0 Å². The molecule has 5 rings (SSSR count). The van der Waals surface area contributed by atoms with Gasteiger partial charge >= 0.3 is 0 Å². The number of aryl methyl sites for hydroxylation is 1. The molecule has 1 aromatic heterocycles. The van der Waals surface area contributed by atoms with E-state index in [-0.39, 0.29) is 24.2 Å². The van der Waals surface area contributed by atoms with Crippen molar-refractivity contribution in [1.82, 2.24) is 4.98 Å². The summed E-state index contributed by atoms with van der Waals surface area (Å²) in [5.41, 5.74) is 15.5. The topological polar surface area (TPSA) is 105 Å². The Balaban J connectivity index is 0.00000378. The molecule has 0 bridgehead atoms. The second-order valence-corrected chi connectivity index (χ2v) is 16.2. The lowest BCUT2D eigenvalue weighted by Gasteiger charge is -2.28. The summed E-state index contributed by atoms with van der Waals surface area (Å²) in [5, 5.41) is 6.92. The minimum atomic E-state index is -0.654. The van der Waals surface area contributed by atoms with Crippen LogP contribution in [-0.4, -0.2) is 49.1 Å². The Kier molecular flexibility index (Phi) is 17.6. The van der Waals surface area contributed by atoms with E-state index < -0.39 is 17.5 Å². The molecule has 0 saturated carbocycles. The maximum atomic E-state index is 14.5. The number of pyridine rings is 1. The minimum Gasteiger partial charge on any atom is -0.383 e. The van der Waals surface area contributed by atoms with Crippen LogP contribution in [0, 0.1) is 24.5 Å². The lowest BCUT2D eigenvalue weighted by atomic mass is 9.86. The average molecular weight is 809 g/mol. The molecule has 1 fully saturated rings. The van der Waals surface area contributed by atoms with Gasteiger partial charge in [-0.2, -0.15) is 4.99 Å². The molecule has 0 aliphatic carbocycles. The third-order valence-corrected chi connectivity index (χ3v) is 10.2. The predicted octanol–water partition coefficient (Wildman–Crippen LogP) is 11.8. The molecule has 0 radical (unpaired) electrons. The average Bonchev–Trinajstić information content (AvgIpc) is 3.19. The van der Waals surface area contributed by atoms with E-state index in [2.05, 4.69) is 61.2 Å². The number of anilines is 3. The summed E-state index contributed by atoms with van der Waals surface area (Å²) in [6.07, 6.45) is 7.64. The number of halogens is 2. The highest BCUT2D eigenvalue weighted by Gasteiger charge is 2.22. The van der Waals surface area contributed by atoms with E-state index in [1.165, 1.54) is 12.1 Å². The Morgan fingerprint density at radius 3 is 2.29 bits per heavy atom. The van der Waals surface area contributed by atoms with Crippen LogP contribution in [-0.2, 0) is 11.2 Å². The molecule has 4 aromatic rings. The number of carbonyl (C=O) groups is 1. The van der Waals surface area contributed by atoms with Gasteiger partial charge in [0.05, 0.1) is 5.56 Å². The van der Waals surface area contributed by atoms with Crippen LogP contribution in [0.25, 0.3) is 11.1 Å². The zero-order chi connectivity index (χ0) is 43.2. The van der Waals surface area contributed by atoms with Crippen LogP contribution in [0.5, 0.6) is 0 Å². The number of amides is 1. The van der Waals surface area contributed by atoms with Crippen LogP contribution in [0.15, 0.2) is 77.6 Å². The van der Waals surface area contributed by atoms with Crippen molar-refractivity contribution in [2.75, 3.05) is 41.8 Å². The first kappa shape index (κ1) is 46.6. The molecule has 0 unspecified atom stereocenters. The van der Waals surface area contributed by atoms with Gasteiger partial charge in [0.1, 0.15) is 23.3 Å². The van der Waals surface area contributed by atoms with Crippen molar-refractivity contribution in [3.63, 3.8) is 0 Å². The summed E-state index contributed by atoms with van der Waals surface area (Å²) < 4.78 is 34.6. The number of nitrogens with one attached hydrogen (secondary N) is 2. The molecule has 0 spiro atoms. The number of aromatic nitrogens is 1. The highest BCUT2D eigenvalue weighted by molar-refractivity contribution is 6.11. The molecule has 1 saturated heterocycles. The molecule has 3 aromatic carbocycles. The van der Waals surface area contributed by atoms with Gasteiger partial charge in [-0.05, 0) is 141 Å². The van der Waals surface area contributed by atoms with Crippen molar-refractivity contribution in [3.8, 4) is 11.1 Å². The van der Waals surface area contributed by atoms with Crippen molar-refractivity contribution in [1.29, 1.82) is 0 Å². The number of hydrogen-bond acceptors (Lipinski definition) is 6. The molecule has 4 N–H and O–H groups in total. The number of aliphatic imine (C=N–C) groups is 1. The molecule has 2 heterocycles. The predicted molar refractivity (Wildman–Crippen MR) is 243 cm³/mol. The third kappa shape index (κ3) is 13.2. The molecular formula is C49H66F2N6O2. The Morgan fingerprint density at radius 2 is 1.68 bits per heavy atom. The number of amidine groups is 1. The van der Waals surface area contributed by atoms with E-state index in [1.807, 2.05) is 71.2 Å². The molecule has 8 nitrogen and oxygen atoms in total. The van der Waals surface area contributed by atoms with Crippen LogP contribution in [0.3, 0.4) is 0 Å². The monoisotopic (exact) mass is 809 g/mol. The molecule has 10 heteroatoms.